The number of nitrogens with zero attached hydrogens (tertiary/aromatic N) is 3. The highest BCUT2D eigenvalue weighted by Gasteiger charge is 2.54. The van der Waals surface area contributed by atoms with Gasteiger partial charge in [-0.25, -0.2) is 9.40 Å². The zero-order chi connectivity index (χ0) is 27.5. The molecule has 0 saturated carbocycles. The molecule has 2 aromatic rings. The predicted octanol–water partition coefficient (Wildman–Crippen LogP) is 1.85. The molecule has 3 amide bonds. The van der Waals surface area contributed by atoms with Crippen LogP contribution in [0, 0.1) is 11.2 Å². The Hall–Kier alpha value is -3.63. The minimum Gasteiger partial charge on any atom is -0.374 e. The number of benzene rings is 2. The third-order valence-electron chi connectivity index (χ3n) is 6.92. The van der Waals surface area contributed by atoms with E-state index in [2.05, 4.69) is 10.4 Å². The van der Waals surface area contributed by atoms with Gasteiger partial charge in [-0.05, 0) is 43.5 Å². The molecule has 0 bridgehead atoms. The zero-order valence-corrected chi connectivity index (χ0v) is 21.9. The molecular weight excluding hydrogens is 489 g/mol. The van der Waals surface area contributed by atoms with Gasteiger partial charge in [-0.15, -0.1) is 0 Å². The first-order valence-corrected chi connectivity index (χ1v) is 12.6. The lowest BCUT2D eigenvalue weighted by Gasteiger charge is -2.40. The number of nitrogens with two attached hydrogens (primary N) is 1. The van der Waals surface area contributed by atoms with Crippen LogP contribution in [0.25, 0.3) is 0 Å². The summed E-state index contributed by atoms with van der Waals surface area (Å²) in [6.07, 6.45) is 0.674. The van der Waals surface area contributed by atoms with Gasteiger partial charge >= 0.3 is 0 Å². The molecule has 0 spiro atoms. The normalized spacial score (nSPS) is 20.1. The van der Waals surface area contributed by atoms with Crippen LogP contribution in [0.1, 0.15) is 31.4 Å². The third-order valence-corrected chi connectivity index (χ3v) is 6.92. The molecule has 1 unspecified atom stereocenters. The highest BCUT2D eigenvalue weighted by molar-refractivity contribution is 6.13. The van der Waals surface area contributed by atoms with E-state index in [1.807, 2.05) is 30.3 Å². The van der Waals surface area contributed by atoms with Crippen molar-refractivity contribution in [1.29, 1.82) is 0 Å². The molecule has 1 fully saturated rings. The SMILES string of the molecule is CN1N=C2CCN(C(=O)[C@@H](COCc3ccccc3)NC(=O)C(C)(C)N)CC2(Cc2ccc(F)cc2)C1=O. The van der Waals surface area contributed by atoms with E-state index >= 15 is 0 Å². The van der Waals surface area contributed by atoms with Gasteiger partial charge in [0.15, 0.2) is 0 Å². The van der Waals surface area contributed by atoms with Crippen LogP contribution >= 0.6 is 0 Å². The molecule has 2 atom stereocenters. The van der Waals surface area contributed by atoms with Gasteiger partial charge in [0.1, 0.15) is 17.3 Å². The maximum absolute atomic E-state index is 13.8. The highest BCUT2D eigenvalue weighted by atomic mass is 19.1. The molecule has 0 radical (unpaired) electrons. The first kappa shape index (κ1) is 27.4. The fourth-order valence-electron chi connectivity index (χ4n) is 4.83. The Morgan fingerprint density at radius 2 is 1.84 bits per heavy atom. The number of ether oxygens (including phenoxy) is 1. The summed E-state index contributed by atoms with van der Waals surface area (Å²) in [5, 5.41) is 8.51. The van der Waals surface area contributed by atoms with E-state index in [4.69, 9.17) is 10.5 Å². The summed E-state index contributed by atoms with van der Waals surface area (Å²) in [6.45, 7) is 3.74. The largest absolute Gasteiger partial charge is 0.374 e. The topological polar surface area (TPSA) is 117 Å². The molecule has 3 N–H and O–H groups in total. The lowest BCUT2D eigenvalue weighted by Crippen LogP contribution is -2.61. The molecule has 9 nitrogen and oxygen atoms in total. The Morgan fingerprint density at radius 3 is 2.50 bits per heavy atom. The number of hydrogen-bond acceptors (Lipinski definition) is 6. The second-order valence-electron chi connectivity index (χ2n) is 10.5. The van der Waals surface area contributed by atoms with Crippen LogP contribution in [-0.4, -0.2) is 71.7 Å². The van der Waals surface area contributed by atoms with Crippen molar-refractivity contribution in [3.8, 4) is 0 Å². The number of carbonyl (C=O) groups is 3. The minimum atomic E-state index is -1.20. The molecule has 2 aromatic carbocycles. The number of hydrogen-bond donors (Lipinski definition) is 2. The van der Waals surface area contributed by atoms with Gasteiger partial charge in [0.05, 0.1) is 24.5 Å². The lowest BCUT2D eigenvalue weighted by molar-refractivity contribution is -0.143. The Labute approximate surface area is 221 Å². The number of hydrazone groups is 1. The third kappa shape index (κ3) is 5.92. The van der Waals surface area contributed by atoms with Crippen LogP contribution < -0.4 is 11.1 Å². The monoisotopic (exact) mass is 523 g/mol. The standard InChI is InChI=1S/C28H34FN5O4/c1-27(2,30)25(36)31-22(17-38-16-20-7-5-4-6-8-20)24(35)34-14-13-23-28(18-34,26(37)33(3)32-23)15-19-9-11-21(29)12-10-19/h4-12,22H,13-18,30H2,1-3H3,(H,31,36)/t22-,28?/m1/s1. The number of nitrogens with one attached hydrogen (secondary N) is 1. The van der Waals surface area contributed by atoms with E-state index in [1.165, 1.54) is 17.1 Å². The van der Waals surface area contributed by atoms with Crippen LogP contribution in [0.15, 0.2) is 59.7 Å². The molecule has 38 heavy (non-hydrogen) atoms. The smallest absolute Gasteiger partial charge is 0.256 e. The Balaban J connectivity index is 1.55. The number of fused-ring (bicyclic) bond motifs is 1. The van der Waals surface area contributed by atoms with Gasteiger partial charge in [0.2, 0.25) is 11.8 Å². The average molecular weight is 524 g/mol. The second-order valence-corrected chi connectivity index (χ2v) is 10.5. The zero-order valence-electron chi connectivity index (χ0n) is 21.9. The number of halogens is 1. The molecule has 10 heteroatoms. The van der Waals surface area contributed by atoms with Crippen molar-refractivity contribution in [2.75, 3.05) is 26.7 Å². The Bertz CT molecular complexity index is 1210. The average Bonchev–Trinajstić information content (AvgIpc) is 3.13. The quantitative estimate of drug-likeness (QED) is 0.520. The first-order valence-electron chi connectivity index (χ1n) is 12.6. The minimum absolute atomic E-state index is 0.0637. The lowest BCUT2D eigenvalue weighted by atomic mass is 9.73. The molecule has 2 aliphatic heterocycles. The van der Waals surface area contributed by atoms with Crippen molar-refractivity contribution >= 4 is 23.4 Å². The summed E-state index contributed by atoms with van der Waals surface area (Å²) in [7, 11) is 1.59. The van der Waals surface area contributed by atoms with Crippen molar-refractivity contribution in [1.82, 2.24) is 15.2 Å². The molecule has 2 heterocycles. The van der Waals surface area contributed by atoms with Gasteiger partial charge in [0.25, 0.3) is 5.91 Å². The van der Waals surface area contributed by atoms with Gasteiger partial charge in [-0.2, -0.15) is 5.10 Å². The maximum atomic E-state index is 13.8. The molecule has 0 aromatic heterocycles. The van der Waals surface area contributed by atoms with Gasteiger partial charge in [0, 0.05) is 26.6 Å². The van der Waals surface area contributed by atoms with E-state index in [-0.39, 0.29) is 43.8 Å². The van der Waals surface area contributed by atoms with Crippen LogP contribution in [-0.2, 0) is 32.1 Å². The van der Waals surface area contributed by atoms with Crippen molar-refractivity contribution in [3.63, 3.8) is 0 Å². The van der Waals surface area contributed by atoms with E-state index < -0.39 is 22.9 Å². The van der Waals surface area contributed by atoms with Gasteiger partial charge in [-0.3, -0.25) is 14.4 Å². The number of piperidine rings is 1. The summed E-state index contributed by atoms with van der Waals surface area (Å²) < 4.78 is 19.3. The second kappa shape index (κ2) is 11.0. The number of amides is 3. The summed E-state index contributed by atoms with van der Waals surface area (Å²) in [5.74, 6) is -1.45. The fourth-order valence-corrected chi connectivity index (χ4v) is 4.83. The van der Waals surface area contributed by atoms with E-state index in [1.54, 1.807) is 37.9 Å². The summed E-state index contributed by atoms with van der Waals surface area (Å²) in [4.78, 5) is 41.5. The fraction of sp³-hybridized carbons (Fsp3) is 0.429. The van der Waals surface area contributed by atoms with E-state index in [0.29, 0.717) is 18.7 Å². The molecule has 202 valence electrons. The van der Waals surface area contributed by atoms with Crippen LogP contribution in [0.2, 0.25) is 0 Å². The number of rotatable bonds is 9. The molecular formula is C28H34FN5O4. The van der Waals surface area contributed by atoms with Crippen molar-refractivity contribution < 1.29 is 23.5 Å². The van der Waals surface area contributed by atoms with Gasteiger partial charge < -0.3 is 20.7 Å². The number of carbonyl (C=O) groups excluding carboxylic acids is 3. The first-order chi connectivity index (χ1) is 18.0. The molecule has 0 aliphatic carbocycles. The highest BCUT2D eigenvalue weighted by Crippen LogP contribution is 2.38. The summed E-state index contributed by atoms with van der Waals surface area (Å²) in [5.41, 5.74) is 6.10. The van der Waals surface area contributed by atoms with Crippen molar-refractivity contribution in [3.05, 3.63) is 71.5 Å². The van der Waals surface area contributed by atoms with E-state index in [9.17, 15) is 18.8 Å². The summed E-state index contributed by atoms with van der Waals surface area (Å²) in [6, 6.07) is 14.5. The van der Waals surface area contributed by atoms with Crippen molar-refractivity contribution in [2.45, 2.75) is 44.9 Å². The van der Waals surface area contributed by atoms with Crippen LogP contribution in [0.4, 0.5) is 4.39 Å². The number of likely N-dealkylation sites (tertiary alicyclic amines) is 1. The van der Waals surface area contributed by atoms with Crippen LogP contribution in [0.5, 0.6) is 0 Å². The molecule has 4 rings (SSSR count). The van der Waals surface area contributed by atoms with Gasteiger partial charge in [-0.1, -0.05) is 42.5 Å². The van der Waals surface area contributed by atoms with E-state index in [0.717, 1.165) is 11.1 Å². The Morgan fingerprint density at radius 1 is 1.16 bits per heavy atom. The predicted molar refractivity (Wildman–Crippen MR) is 140 cm³/mol. The molecule has 1 saturated heterocycles. The van der Waals surface area contributed by atoms with Crippen LogP contribution in [0.3, 0.4) is 0 Å². The maximum Gasteiger partial charge on any atom is 0.256 e. The summed E-state index contributed by atoms with van der Waals surface area (Å²) >= 11 is 0. The Kier molecular flexibility index (Phi) is 7.94. The molecule has 2 aliphatic rings. The van der Waals surface area contributed by atoms with Crippen molar-refractivity contribution in [2.24, 2.45) is 16.3 Å².